The number of rotatable bonds is 7. The Bertz CT molecular complexity index is 162. The molecule has 0 saturated heterocycles. The van der Waals surface area contributed by atoms with Crippen LogP contribution >= 0.6 is 0 Å². The molecule has 1 aliphatic carbocycles. The van der Waals surface area contributed by atoms with Gasteiger partial charge in [-0.05, 0) is 45.2 Å². The highest BCUT2D eigenvalue weighted by atomic mass is 16.3. The van der Waals surface area contributed by atoms with E-state index in [1.54, 1.807) is 0 Å². The Balaban J connectivity index is 2.12. The molecule has 0 aromatic carbocycles. The highest BCUT2D eigenvalue weighted by molar-refractivity contribution is 4.80. The Morgan fingerprint density at radius 3 is 2.53 bits per heavy atom. The molecule has 90 valence electrons. The molecule has 1 saturated carbocycles. The molecule has 1 atom stereocenters. The van der Waals surface area contributed by atoms with Crippen LogP contribution in [0.2, 0.25) is 0 Å². The largest absolute Gasteiger partial charge is 0.390 e. The summed E-state index contributed by atoms with van der Waals surface area (Å²) in [6.45, 7) is 6.19. The summed E-state index contributed by atoms with van der Waals surface area (Å²) in [4.78, 5) is 0. The van der Waals surface area contributed by atoms with E-state index in [0.29, 0.717) is 0 Å². The maximum absolute atomic E-state index is 10.2. The Kier molecular flexibility index (Phi) is 5.62. The molecule has 0 aliphatic heterocycles. The molecule has 1 fully saturated rings. The highest BCUT2D eigenvalue weighted by Gasteiger charge is 2.26. The third-order valence-corrected chi connectivity index (χ3v) is 3.47. The predicted molar refractivity (Wildman–Crippen MR) is 65.0 cm³/mol. The van der Waals surface area contributed by atoms with Gasteiger partial charge in [-0.15, -0.1) is 0 Å². The number of aliphatic hydroxyl groups is 1. The summed E-state index contributed by atoms with van der Waals surface area (Å²) in [6.07, 6.45) is 8.47. The fourth-order valence-electron chi connectivity index (χ4n) is 2.60. The van der Waals surface area contributed by atoms with Crippen molar-refractivity contribution in [1.82, 2.24) is 5.32 Å². The second-order valence-electron chi connectivity index (χ2n) is 5.35. The third kappa shape index (κ3) is 5.53. The molecule has 0 aromatic heterocycles. The monoisotopic (exact) mass is 213 g/mol. The van der Waals surface area contributed by atoms with Gasteiger partial charge in [-0.25, -0.2) is 0 Å². The van der Waals surface area contributed by atoms with Gasteiger partial charge in [0.15, 0.2) is 0 Å². The van der Waals surface area contributed by atoms with Crippen molar-refractivity contribution in [3.05, 3.63) is 0 Å². The van der Waals surface area contributed by atoms with Crippen molar-refractivity contribution in [2.45, 2.75) is 64.4 Å². The van der Waals surface area contributed by atoms with E-state index in [1.165, 1.54) is 32.1 Å². The van der Waals surface area contributed by atoms with Crippen LogP contribution in [0.3, 0.4) is 0 Å². The standard InChI is InChI=1S/C13H27NO/c1-3-9-14-10-8-13(2,15)11-12-6-4-5-7-12/h12,14-15H,3-11H2,1-2H3. The zero-order chi connectivity index (χ0) is 11.1. The SMILES string of the molecule is CCCNCCC(C)(O)CC1CCCC1. The minimum atomic E-state index is -0.449. The van der Waals surface area contributed by atoms with Crippen molar-refractivity contribution in [1.29, 1.82) is 0 Å². The summed E-state index contributed by atoms with van der Waals surface area (Å²) in [5, 5.41) is 13.6. The first-order valence-electron chi connectivity index (χ1n) is 6.57. The van der Waals surface area contributed by atoms with E-state index >= 15 is 0 Å². The number of nitrogens with one attached hydrogen (secondary N) is 1. The van der Waals surface area contributed by atoms with Gasteiger partial charge in [0, 0.05) is 0 Å². The molecular weight excluding hydrogens is 186 g/mol. The lowest BCUT2D eigenvalue weighted by molar-refractivity contribution is 0.0265. The predicted octanol–water partition coefficient (Wildman–Crippen LogP) is 2.71. The summed E-state index contributed by atoms with van der Waals surface area (Å²) in [6, 6.07) is 0. The molecule has 0 bridgehead atoms. The lowest BCUT2D eigenvalue weighted by Crippen LogP contribution is -2.32. The quantitative estimate of drug-likeness (QED) is 0.637. The number of hydrogen-bond acceptors (Lipinski definition) is 2. The summed E-state index contributed by atoms with van der Waals surface area (Å²) in [7, 11) is 0. The summed E-state index contributed by atoms with van der Waals surface area (Å²) in [5.74, 6) is 0.783. The van der Waals surface area contributed by atoms with Crippen molar-refractivity contribution >= 4 is 0 Å². The Hall–Kier alpha value is -0.0800. The van der Waals surface area contributed by atoms with E-state index < -0.39 is 5.60 Å². The summed E-state index contributed by atoms with van der Waals surface area (Å²) >= 11 is 0. The van der Waals surface area contributed by atoms with Crippen LogP contribution in [0.25, 0.3) is 0 Å². The second kappa shape index (κ2) is 6.49. The van der Waals surface area contributed by atoms with Crippen LogP contribution in [0, 0.1) is 5.92 Å². The van der Waals surface area contributed by atoms with Crippen LogP contribution in [-0.2, 0) is 0 Å². The van der Waals surface area contributed by atoms with Crippen LogP contribution in [0.15, 0.2) is 0 Å². The lowest BCUT2D eigenvalue weighted by atomic mass is 9.88. The van der Waals surface area contributed by atoms with E-state index in [4.69, 9.17) is 0 Å². The van der Waals surface area contributed by atoms with Gasteiger partial charge in [-0.1, -0.05) is 32.6 Å². The van der Waals surface area contributed by atoms with Crippen LogP contribution in [0.5, 0.6) is 0 Å². The minimum Gasteiger partial charge on any atom is -0.390 e. The average molecular weight is 213 g/mol. The first kappa shape index (κ1) is 13.0. The van der Waals surface area contributed by atoms with Crippen LogP contribution in [0.1, 0.15) is 58.8 Å². The normalized spacial score (nSPS) is 21.8. The lowest BCUT2D eigenvalue weighted by Gasteiger charge is -2.26. The van der Waals surface area contributed by atoms with E-state index in [-0.39, 0.29) is 0 Å². The third-order valence-electron chi connectivity index (χ3n) is 3.47. The van der Waals surface area contributed by atoms with Crippen molar-refractivity contribution < 1.29 is 5.11 Å². The maximum atomic E-state index is 10.2. The van der Waals surface area contributed by atoms with Gasteiger partial charge in [0.05, 0.1) is 5.60 Å². The molecule has 1 rings (SSSR count). The Morgan fingerprint density at radius 2 is 1.93 bits per heavy atom. The molecule has 15 heavy (non-hydrogen) atoms. The molecule has 0 aromatic rings. The van der Waals surface area contributed by atoms with Gasteiger partial charge in [-0.2, -0.15) is 0 Å². The minimum absolute atomic E-state index is 0.449. The first-order chi connectivity index (χ1) is 7.14. The molecule has 1 aliphatic rings. The van der Waals surface area contributed by atoms with Crippen molar-refractivity contribution in [3.8, 4) is 0 Å². The molecule has 0 heterocycles. The summed E-state index contributed by atoms with van der Waals surface area (Å²) < 4.78 is 0. The number of hydrogen-bond donors (Lipinski definition) is 2. The summed E-state index contributed by atoms with van der Waals surface area (Å²) in [5.41, 5.74) is -0.449. The Labute approximate surface area is 94.5 Å². The van der Waals surface area contributed by atoms with Gasteiger partial charge in [0.25, 0.3) is 0 Å². The maximum Gasteiger partial charge on any atom is 0.0634 e. The second-order valence-corrected chi connectivity index (χ2v) is 5.35. The van der Waals surface area contributed by atoms with Crippen LogP contribution in [-0.4, -0.2) is 23.8 Å². The molecule has 0 amide bonds. The average Bonchev–Trinajstić information content (AvgIpc) is 2.64. The van der Waals surface area contributed by atoms with E-state index in [0.717, 1.165) is 31.8 Å². The zero-order valence-corrected chi connectivity index (χ0v) is 10.4. The van der Waals surface area contributed by atoms with Crippen molar-refractivity contribution in [3.63, 3.8) is 0 Å². The zero-order valence-electron chi connectivity index (χ0n) is 10.4. The molecule has 0 radical (unpaired) electrons. The van der Waals surface area contributed by atoms with E-state index in [9.17, 15) is 5.11 Å². The van der Waals surface area contributed by atoms with Gasteiger partial charge < -0.3 is 10.4 Å². The van der Waals surface area contributed by atoms with Gasteiger partial charge >= 0.3 is 0 Å². The fourth-order valence-corrected chi connectivity index (χ4v) is 2.60. The molecule has 2 N–H and O–H groups in total. The first-order valence-corrected chi connectivity index (χ1v) is 6.57. The van der Waals surface area contributed by atoms with Gasteiger partial charge in [-0.3, -0.25) is 0 Å². The van der Waals surface area contributed by atoms with E-state index in [2.05, 4.69) is 12.2 Å². The van der Waals surface area contributed by atoms with Crippen LogP contribution in [0.4, 0.5) is 0 Å². The fraction of sp³-hybridized carbons (Fsp3) is 1.00. The molecule has 1 unspecified atom stereocenters. The van der Waals surface area contributed by atoms with Crippen molar-refractivity contribution in [2.75, 3.05) is 13.1 Å². The Morgan fingerprint density at radius 1 is 1.27 bits per heavy atom. The van der Waals surface area contributed by atoms with Gasteiger partial charge in [0.2, 0.25) is 0 Å². The van der Waals surface area contributed by atoms with Gasteiger partial charge in [0.1, 0.15) is 0 Å². The smallest absolute Gasteiger partial charge is 0.0634 e. The highest BCUT2D eigenvalue weighted by Crippen LogP contribution is 2.32. The van der Waals surface area contributed by atoms with Crippen LogP contribution < -0.4 is 5.32 Å². The topological polar surface area (TPSA) is 32.3 Å². The molecule has 0 spiro atoms. The molecule has 2 heteroatoms. The molecule has 2 nitrogen and oxygen atoms in total. The van der Waals surface area contributed by atoms with E-state index in [1.807, 2.05) is 6.92 Å². The van der Waals surface area contributed by atoms with Crippen molar-refractivity contribution in [2.24, 2.45) is 5.92 Å². The molecular formula is C13H27NO.